The molecule has 106 valence electrons. The van der Waals surface area contributed by atoms with E-state index in [9.17, 15) is 13.2 Å². The highest BCUT2D eigenvalue weighted by Gasteiger charge is 2.14. The van der Waals surface area contributed by atoms with Gasteiger partial charge in [0, 0.05) is 18.5 Å². The first-order valence-electron chi connectivity index (χ1n) is 6.28. The Morgan fingerprint density at radius 3 is 2.63 bits per heavy atom. The third kappa shape index (κ3) is 4.74. The van der Waals surface area contributed by atoms with Crippen LogP contribution in [0.25, 0.3) is 0 Å². The average Bonchev–Trinajstić information content (AvgIpc) is 2.43. The standard InChI is InChI=1S/C13H20N2O3S/c1-3-13(16)11-6-4-7-12(10-11)19(17,18)15-9-5-8-14-2/h4,6-7,10,14-15H,3,5,8-9H2,1-2H3. The molecule has 0 fully saturated rings. The molecule has 0 unspecified atom stereocenters. The fourth-order valence-corrected chi connectivity index (χ4v) is 2.72. The summed E-state index contributed by atoms with van der Waals surface area (Å²) in [6.07, 6.45) is 1.07. The van der Waals surface area contributed by atoms with Crippen LogP contribution in [0.15, 0.2) is 29.2 Å². The second-order valence-electron chi connectivity index (χ2n) is 4.16. The SMILES string of the molecule is CCC(=O)c1cccc(S(=O)(=O)NCCCNC)c1. The summed E-state index contributed by atoms with van der Waals surface area (Å²) in [6.45, 7) is 2.87. The molecule has 0 heterocycles. The lowest BCUT2D eigenvalue weighted by atomic mass is 10.1. The lowest BCUT2D eigenvalue weighted by Crippen LogP contribution is -2.27. The molecular formula is C13H20N2O3S. The molecule has 0 aliphatic rings. The van der Waals surface area contributed by atoms with Crippen molar-refractivity contribution in [1.29, 1.82) is 0 Å². The van der Waals surface area contributed by atoms with Crippen LogP contribution in [0.2, 0.25) is 0 Å². The van der Waals surface area contributed by atoms with E-state index in [0.29, 0.717) is 24.9 Å². The number of benzene rings is 1. The van der Waals surface area contributed by atoms with Crippen LogP contribution in [0.5, 0.6) is 0 Å². The van der Waals surface area contributed by atoms with Crippen LogP contribution in [0.4, 0.5) is 0 Å². The Bertz CT molecular complexity index is 526. The predicted molar refractivity (Wildman–Crippen MR) is 74.8 cm³/mol. The van der Waals surface area contributed by atoms with Gasteiger partial charge in [0.05, 0.1) is 4.90 Å². The van der Waals surface area contributed by atoms with Crippen molar-refractivity contribution in [3.63, 3.8) is 0 Å². The van der Waals surface area contributed by atoms with Crippen LogP contribution >= 0.6 is 0 Å². The summed E-state index contributed by atoms with van der Waals surface area (Å²) in [5.41, 5.74) is 0.431. The van der Waals surface area contributed by atoms with E-state index in [0.717, 1.165) is 6.54 Å². The van der Waals surface area contributed by atoms with Crippen molar-refractivity contribution in [3.05, 3.63) is 29.8 Å². The summed E-state index contributed by atoms with van der Waals surface area (Å²) in [5, 5.41) is 2.95. The normalized spacial score (nSPS) is 11.5. The third-order valence-electron chi connectivity index (χ3n) is 2.68. The Kier molecular flexibility index (Phi) is 6.14. The Balaban J connectivity index is 2.80. The summed E-state index contributed by atoms with van der Waals surface area (Å²) in [6, 6.07) is 6.13. The molecule has 0 radical (unpaired) electrons. The Morgan fingerprint density at radius 1 is 1.26 bits per heavy atom. The van der Waals surface area contributed by atoms with Crippen LogP contribution in [0, 0.1) is 0 Å². The van der Waals surface area contributed by atoms with Gasteiger partial charge in [-0.05, 0) is 32.1 Å². The molecule has 0 aliphatic carbocycles. The number of nitrogens with one attached hydrogen (secondary N) is 2. The largest absolute Gasteiger partial charge is 0.320 e. The first-order valence-corrected chi connectivity index (χ1v) is 7.77. The van der Waals surface area contributed by atoms with Crippen molar-refractivity contribution in [1.82, 2.24) is 10.0 Å². The van der Waals surface area contributed by atoms with Crippen molar-refractivity contribution in [3.8, 4) is 0 Å². The maximum absolute atomic E-state index is 12.0. The van der Waals surface area contributed by atoms with E-state index < -0.39 is 10.0 Å². The Labute approximate surface area is 114 Å². The van der Waals surface area contributed by atoms with E-state index in [1.165, 1.54) is 12.1 Å². The van der Waals surface area contributed by atoms with Gasteiger partial charge in [-0.3, -0.25) is 4.79 Å². The zero-order chi connectivity index (χ0) is 14.3. The highest BCUT2D eigenvalue weighted by Crippen LogP contribution is 2.12. The van der Waals surface area contributed by atoms with Gasteiger partial charge < -0.3 is 5.32 Å². The highest BCUT2D eigenvalue weighted by atomic mass is 32.2. The van der Waals surface area contributed by atoms with E-state index in [1.807, 2.05) is 7.05 Å². The van der Waals surface area contributed by atoms with Gasteiger partial charge in [-0.1, -0.05) is 19.1 Å². The molecular weight excluding hydrogens is 264 g/mol. The molecule has 2 N–H and O–H groups in total. The first kappa shape index (κ1) is 15.8. The summed E-state index contributed by atoms with van der Waals surface area (Å²) < 4.78 is 26.5. The maximum Gasteiger partial charge on any atom is 0.240 e. The molecule has 1 aromatic carbocycles. The minimum atomic E-state index is -3.53. The van der Waals surface area contributed by atoms with Crippen molar-refractivity contribution in [2.45, 2.75) is 24.7 Å². The number of carbonyl (C=O) groups excluding carboxylic acids is 1. The molecule has 0 amide bonds. The summed E-state index contributed by atoms with van der Waals surface area (Å²) in [5.74, 6) is -0.0627. The van der Waals surface area contributed by atoms with Gasteiger partial charge in [0.15, 0.2) is 5.78 Å². The third-order valence-corrected chi connectivity index (χ3v) is 4.14. The minimum absolute atomic E-state index is 0.0627. The molecule has 0 atom stereocenters. The van der Waals surface area contributed by atoms with Gasteiger partial charge in [-0.25, -0.2) is 13.1 Å². The van der Waals surface area contributed by atoms with Crippen molar-refractivity contribution in [2.75, 3.05) is 20.1 Å². The summed E-state index contributed by atoms with van der Waals surface area (Å²) >= 11 is 0. The molecule has 0 saturated carbocycles. The van der Waals surface area contributed by atoms with Gasteiger partial charge in [-0.2, -0.15) is 0 Å². The summed E-state index contributed by atoms with van der Waals surface area (Å²) in [7, 11) is -1.72. The highest BCUT2D eigenvalue weighted by molar-refractivity contribution is 7.89. The zero-order valence-corrected chi connectivity index (χ0v) is 12.1. The minimum Gasteiger partial charge on any atom is -0.320 e. The average molecular weight is 284 g/mol. The number of ketones is 1. The number of Topliss-reactive ketones (excluding diaryl/α,β-unsaturated/α-hetero) is 1. The van der Waals surface area contributed by atoms with Crippen molar-refractivity contribution < 1.29 is 13.2 Å². The molecule has 1 rings (SSSR count). The van der Waals surface area contributed by atoms with Gasteiger partial charge in [0.25, 0.3) is 0 Å². The molecule has 0 aromatic heterocycles. The van der Waals surface area contributed by atoms with Crippen molar-refractivity contribution >= 4 is 15.8 Å². The lowest BCUT2D eigenvalue weighted by molar-refractivity contribution is 0.0988. The van der Waals surface area contributed by atoms with Crippen LogP contribution in [0.3, 0.4) is 0 Å². The van der Waals surface area contributed by atoms with E-state index in [-0.39, 0.29) is 10.7 Å². The monoisotopic (exact) mass is 284 g/mol. The van der Waals surface area contributed by atoms with Crippen LogP contribution in [-0.2, 0) is 10.0 Å². The van der Waals surface area contributed by atoms with Crippen LogP contribution in [-0.4, -0.2) is 34.3 Å². The quantitative estimate of drug-likeness (QED) is 0.555. The second-order valence-corrected chi connectivity index (χ2v) is 5.93. The molecule has 0 spiro atoms. The number of carbonyl (C=O) groups is 1. The topological polar surface area (TPSA) is 75.3 Å². The molecule has 0 bridgehead atoms. The summed E-state index contributed by atoms with van der Waals surface area (Å²) in [4.78, 5) is 11.7. The Morgan fingerprint density at radius 2 is 2.00 bits per heavy atom. The van der Waals surface area contributed by atoms with E-state index in [1.54, 1.807) is 19.1 Å². The van der Waals surface area contributed by atoms with E-state index >= 15 is 0 Å². The van der Waals surface area contributed by atoms with Crippen LogP contribution < -0.4 is 10.0 Å². The van der Waals surface area contributed by atoms with Gasteiger partial charge in [-0.15, -0.1) is 0 Å². The number of sulfonamides is 1. The molecule has 0 aliphatic heterocycles. The molecule has 6 heteroatoms. The fourth-order valence-electron chi connectivity index (χ4n) is 1.60. The van der Waals surface area contributed by atoms with Gasteiger partial charge in [0.2, 0.25) is 10.0 Å². The van der Waals surface area contributed by atoms with Crippen LogP contribution in [0.1, 0.15) is 30.1 Å². The molecule has 1 aromatic rings. The molecule has 0 saturated heterocycles. The number of hydrogen-bond acceptors (Lipinski definition) is 4. The fraction of sp³-hybridized carbons (Fsp3) is 0.462. The van der Waals surface area contributed by atoms with E-state index in [2.05, 4.69) is 10.0 Å². The molecule has 5 nitrogen and oxygen atoms in total. The van der Waals surface area contributed by atoms with Gasteiger partial charge in [0.1, 0.15) is 0 Å². The van der Waals surface area contributed by atoms with Crippen molar-refractivity contribution in [2.24, 2.45) is 0 Å². The van der Waals surface area contributed by atoms with Gasteiger partial charge >= 0.3 is 0 Å². The second kappa shape index (κ2) is 7.37. The first-order chi connectivity index (χ1) is 9.01. The number of hydrogen-bond donors (Lipinski definition) is 2. The smallest absolute Gasteiger partial charge is 0.240 e. The Hall–Kier alpha value is -1.24. The zero-order valence-electron chi connectivity index (χ0n) is 11.3. The maximum atomic E-state index is 12.0. The molecule has 19 heavy (non-hydrogen) atoms. The van der Waals surface area contributed by atoms with E-state index in [4.69, 9.17) is 0 Å². The number of rotatable bonds is 8. The lowest BCUT2D eigenvalue weighted by Gasteiger charge is -2.07. The predicted octanol–water partition coefficient (Wildman–Crippen LogP) is 1.17.